The summed E-state index contributed by atoms with van der Waals surface area (Å²) in [6.07, 6.45) is 2.63. The third-order valence-electron chi connectivity index (χ3n) is 9.10. The smallest absolute Gasteiger partial charge is 0.407 e. The lowest BCUT2D eigenvalue weighted by Crippen LogP contribution is -2.36. The van der Waals surface area contributed by atoms with Gasteiger partial charge in [-0.15, -0.1) is 0 Å². The average Bonchev–Trinajstić information content (AvgIpc) is 3.42. The topological polar surface area (TPSA) is 153 Å². The minimum absolute atomic E-state index is 0.181. The van der Waals surface area contributed by atoms with Crippen molar-refractivity contribution in [2.75, 3.05) is 94.6 Å². The normalized spacial score (nSPS) is 14.2. The Morgan fingerprint density at radius 1 is 0.702 bits per heavy atom. The molecule has 1 unspecified atom stereocenters. The van der Waals surface area contributed by atoms with Gasteiger partial charge in [0, 0.05) is 26.2 Å². The fraction of sp³-hybridized carbons (Fsp3) is 0.643. The van der Waals surface area contributed by atoms with Gasteiger partial charge in [0.25, 0.3) is 0 Å². The molecule has 0 aromatic heterocycles. The van der Waals surface area contributed by atoms with E-state index in [-0.39, 0.29) is 30.3 Å². The van der Waals surface area contributed by atoms with E-state index >= 15 is 0 Å². The summed E-state index contributed by atoms with van der Waals surface area (Å²) in [6.45, 7) is 15.8. The number of rotatable bonds is 22. The highest BCUT2D eigenvalue weighted by Crippen LogP contribution is 2.40. The van der Waals surface area contributed by atoms with Crippen LogP contribution in [0, 0.1) is 5.92 Å². The van der Waals surface area contributed by atoms with Gasteiger partial charge in [0.2, 0.25) is 11.5 Å². The summed E-state index contributed by atoms with van der Waals surface area (Å²) in [6, 6.07) is 6.31. The molecule has 15 nitrogen and oxygen atoms in total. The highest BCUT2D eigenvalue weighted by atomic mass is 16.6. The third kappa shape index (κ3) is 15.7. The molecule has 57 heavy (non-hydrogen) atoms. The zero-order valence-electron chi connectivity index (χ0n) is 35.7. The maximum atomic E-state index is 13.6. The van der Waals surface area contributed by atoms with Crippen molar-refractivity contribution >= 4 is 18.0 Å². The number of carbonyl (C=O) groups excluding carboxylic acids is 3. The molecule has 0 spiro atoms. The quantitative estimate of drug-likeness (QED) is 0.0812. The van der Waals surface area contributed by atoms with Gasteiger partial charge in [0.1, 0.15) is 11.7 Å². The number of benzene rings is 2. The summed E-state index contributed by atoms with van der Waals surface area (Å²) >= 11 is 0. The number of hydrogen-bond acceptors (Lipinski definition) is 14. The fourth-order valence-electron chi connectivity index (χ4n) is 6.26. The van der Waals surface area contributed by atoms with Crippen LogP contribution >= 0.6 is 0 Å². The molecule has 1 N–H and O–H groups in total. The first-order valence-corrected chi connectivity index (χ1v) is 19.7. The molecule has 1 aliphatic heterocycles. The van der Waals surface area contributed by atoms with E-state index in [1.807, 2.05) is 34.6 Å². The first-order valence-electron chi connectivity index (χ1n) is 19.7. The summed E-state index contributed by atoms with van der Waals surface area (Å²) in [7, 11) is 7.49. The molecule has 2 aromatic rings. The fourth-order valence-corrected chi connectivity index (χ4v) is 6.26. The first kappa shape index (κ1) is 46.8. The molecule has 0 aliphatic carbocycles. The zero-order valence-corrected chi connectivity index (χ0v) is 35.7. The molecule has 1 amide bonds. The summed E-state index contributed by atoms with van der Waals surface area (Å²) in [4.78, 5) is 43.3. The van der Waals surface area contributed by atoms with Crippen LogP contribution in [0.3, 0.4) is 0 Å². The van der Waals surface area contributed by atoms with E-state index < -0.39 is 29.7 Å². The van der Waals surface area contributed by atoms with Crippen molar-refractivity contribution in [1.29, 1.82) is 0 Å². The highest BCUT2D eigenvalue weighted by molar-refractivity contribution is 5.92. The van der Waals surface area contributed by atoms with Crippen LogP contribution in [0.4, 0.5) is 4.79 Å². The van der Waals surface area contributed by atoms with E-state index in [0.717, 1.165) is 52.1 Å². The lowest BCUT2D eigenvalue weighted by molar-refractivity contribution is 0.0220. The van der Waals surface area contributed by atoms with Gasteiger partial charge in [-0.05, 0) is 103 Å². The molecule has 320 valence electrons. The second-order valence-electron chi connectivity index (χ2n) is 15.2. The SMILES string of the molecule is COc1cc(C(=O)OC(CCCOc2cc(C(=O)OCC(C)C)cc(OC)c2OC)CCN2CCCN(CCCNC(=O)OC(C)(C)C)CC2)cc(OC)c1OC. The van der Waals surface area contributed by atoms with Crippen molar-refractivity contribution in [1.82, 2.24) is 15.1 Å². The Morgan fingerprint density at radius 2 is 1.25 bits per heavy atom. The second kappa shape index (κ2) is 23.6. The van der Waals surface area contributed by atoms with Gasteiger partial charge in [-0.2, -0.15) is 0 Å². The van der Waals surface area contributed by atoms with Crippen LogP contribution in [0.25, 0.3) is 0 Å². The van der Waals surface area contributed by atoms with Crippen LogP contribution in [-0.2, 0) is 14.2 Å². The van der Waals surface area contributed by atoms with Crippen molar-refractivity contribution in [2.45, 2.75) is 78.4 Å². The Morgan fingerprint density at radius 3 is 1.79 bits per heavy atom. The van der Waals surface area contributed by atoms with E-state index in [2.05, 4.69) is 15.1 Å². The van der Waals surface area contributed by atoms with Gasteiger partial charge >= 0.3 is 18.0 Å². The largest absolute Gasteiger partial charge is 0.493 e. The number of ether oxygens (including phenoxy) is 9. The number of hydrogen-bond donors (Lipinski definition) is 1. The summed E-state index contributed by atoms with van der Waals surface area (Å²) in [5, 5.41) is 2.84. The maximum Gasteiger partial charge on any atom is 0.407 e. The average molecular weight is 804 g/mol. The van der Waals surface area contributed by atoms with E-state index in [4.69, 9.17) is 42.6 Å². The summed E-state index contributed by atoms with van der Waals surface area (Å²) in [5.74, 6) is 1.31. The van der Waals surface area contributed by atoms with E-state index in [1.165, 1.54) is 35.5 Å². The number of nitrogens with one attached hydrogen (secondary N) is 1. The number of nitrogens with zero attached hydrogens (tertiary/aromatic N) is 2. The molecule has 1 heterocycles. The summed E-state index contributed by atoms with van der Waals surface area (Å²) in [5.41, 5.74) is 0.0327. The first-order chi connectivity index (χ1) is 27.2. The molecule has 2 aromatic carbocycles. The van der Waals surface area contributed by atoms with Gasteiger partial charge in [0.05, 0.1) is 59.9 Å². The predicted molar refractivity (Wildman–Crippen MR) is 216 cm³/mol. The third-order valence-corrected chi connectivity index (χ3v) is 9.10. The number of methoxy groups -OCH3 is 5. The van der Waals surface area contributed by atoms with E-state index in [9.17, 15) is 14.4 Å². The Kier molecular flexibility index (Phi) is 19.3. The molecule has 1 aliphatic rings. The molecule has 1 atom stereocenters. The van der Waals surface area contributed by atoms with Gasteiger partial charge in [-0.1, -0.05) is 13.8 Å². The van der Waals surface area contributed by atoms with Crippen LogP contribution in [0.1, 0.15) is 87.4 Å². The molecule has 0 bridgehead atoms. The van der Waals surface area contributed by atoms with Crippen LogP contribution < -0.4 is 33.7 Å². The van der Waals surface area contributed by atoms with Crippen LogP contribution in [0.5, 0.6) is 34.5 Å². The molecule has 0 saturated carbocycles. The maximum absolute atomic E-state index is 13.6. The van der Waals surface area contributed by atoms with Crippen molar-refractivity contribution < 1.29 is 57.0 Å². The van der Waals surface area contributed by atoms with Crippen molar-refractivity contribution in [3.63, 3.8) is 0 Å². The number of esters is 2. The molecule has 1 fully saturated rings. The summed E-state index contributed by atoms with van der Waals surface area (Å²) < 4.78 is 50.6. The predicted octanol–water partition coefficient (Wildman–Crippen LogP) is 6.24. The number of alkyl carbamates (subject to hydrolysis) is 1. The van der Waals surface area contributed by atoms with Gasteiger partial charge in [-0.3, -0.25) is 0 Å². The van der Waals surface area contributed by atoms with Crippen molar-refractivity contribution in [3.8, 4) is 34.5 Å². The van der Waals surface area contributed by atoms with Crippen LogP contribution in [-0.4, -0.2) is 134 Å². The van der Waals surface area contributed by atoms with Crippen molar-refractivity contribution in [2.24, 2.45) is 5.92 Å². The molecule has 0 radical (unpaired) electrons. The van der Waals surface area contributed by atoms with Gasteiger partial charge in [0.15, 0.2) is 23.0 Å². The van der Waals surface area contributed by atoms with E-state index in [0.29, 0.717) is 60.3 Å². The Hall–Kier alpha value is -4.63. The molecular weight excluding hydrogens is 738 g/mol. The lowest BCUT2D eigenvalue weighted by Gasteiger charge is -2.25. The zero-order chi connectivity index (χ0) is 42.0. The van der Waals surface area contributed by atoms with Gasteiger partial charge < -0.3 is 57.7 Å². The van der Waals surface area contributed by atoms with E-state index in [1.54, 1.807) is 24.3 Å². The second-order valence-corrected chi connectivity index (χ2v) is 15.2. The Labute approximate surface area is 338 Å². The standard InChI is InChI=1S/C42H65N3O12/c1-29(2)28-55-39(46)30-24-35(51-8)38(53-10)36(27-30)54-23-11-14-32(56-40(47)31-25-33(49-6)37(52-9)34(26-31)50-7)15-20-45-19-13-18-44(21-22-45)17-12-16-43-41(48)57-42(3,4)5/h24-27,29,32H,11-23,28H2,1-10H3,(H,43,48). The molecular formula is C42H65N3O12. The van der Waals surface area contributed by atoms with Crippen LogP contribution in [0.2, 0.25) is 0 Å². The molecule has 15 heteroatoms. The highest BCUT2D eigenvalue weighted by Gasteiger charge is 2.24. The Balaban J connectivity index is 1.67. The number of carbonyl (C=O) groups is 3. The minimum atomic E-state index is -0.527. The number of amides is 1. The molecule has 1 saturated heterocycles. The Bertz CT molecular complexity index is 1550. The van der Waals surface area contributed by atoms with Crippen molar-refractivity contribution in [3.05, 3.63) is 35.4 Å². The van der Waals surface area contributed by atoms with Crippen LogP contribution in [0.15, 0.2) is 24.3 Å². The lowest BCUT2D eigenvalue weighted by atomic mass is 10.1. The molecule has 3 rings (SSSR count). The minimum Gasteiger partial charge on any atom is -0.493 e. The van der Waals surface area contributed by atoms with Gasteiger partial charge in [-0.25, -0.2) is 14.4 Å². The monoisotopic (exact) mass is 803 g/mol.